The van der Waals surface area contributed by atoms with Gasteiger partial charge in [0, 0.05) is 23.7 Å². The maximum Gasteiger partial charge on any atom is 0.273 e. The molecular formula is C17H17F2N3O4. The Morgan fingerprint density at radius 2 is 2.00 bits per heavy atom. The second-order valence-electron chi connectivity index (χ2n) is 5.46. The fourth-order valence-corrected chi connectivity index (χ4v) is 2.30. The molecule has 0 aliphatic heterocycles. The molecule has 9 heteroatoms. The zero-order valence-electron chi connectivity index (χ0n) is 14.1. The summed E-state index contributed by atoms with van der Waals surface area (Å²) in [6, 6.07) is 6.48. The van der Waals surface area contributed by atoms with E-state index in [1.54, 1.807) is 6.92 Å². The number of hydrogen-bond donors (Lipinski definition) is 2. The van der Waals surface area contributed by atoms with Gasteiger partial charge in [-0.15, -0.1) is 0 Å². The minimum absolute atomic E-state index is 0.144. The third-order valence-corrected chi connectivity index (χ3v) is 3.67. The molecule has 26 heavy (non-hydrogen) atoms. The molecule has 138 valence electrons. The van der Waals surface area contributed by atoms with E-state index in [9.17, 15) is 23.7 Å². The van der Waals surface area contributed by atoms with Crippen molar-refractivity contribution in [1.29, 1.82) is 0 Å². The Morgan fingerprint density at radius 1 is 1.27 bits per heavy atom. The first-order valence-electron chi connectivity index (χ1n) is 7.62. The number of anilines is 1. The lowest BCUT2D eigenvalue weighted by Crippen LogP contribution is -2.30. The van der Waals surface area contributed by atoms with Crippen LogP contribution < -0.4 is 15.4 Å². The fourth-order valence-electron chi connectivity index (χ4n) is 2.30. The largest absolute Gasteiger partial charge is 0.494 e. The summed E-state index contributed by atoms with van der Waals surface area (Å²) in [6.07, 6.45) is 0. The number of halogens is 2. The Balaban J connectivity index is 1.99. The molecule has 0 fully saturated rings. The first kappa shape index (κ1) is 19.3. The second-order valence-corrected chi connectivity index (χ2v) is 5.46. The van der Waals surface area contributed by atoms with Crippen molar-refractivity contribution in [2.75, 3.05) is 19.0 Å². The van der Waals surface area contributed by atoms with Crippen molar-refractivity contribution >= 4 is 17.3 Å². The van der Waals surface area contributed by atoms with E-state index < -0.39 is 28.5 Å². The van der Waals surface area contributed by atoms with Crippen molar-refractivity contribution in [3.8, 4) is 5.75 Å². The molecule has 0 aliphatic carbocycles. The Bertz CT molecular complexity index is 830. The molecule has 7 nitrogen and oxygen atoms in total. The molecule has 0 aliphatic rings. The first-order valence-corrected chi connectivity index (χ1v) is 7.62. The molecule has 0 saturated heterocycles. The number of nitrogens with one attached hydrogen (secondary N) is 2. The average molecular weight is 365 g/mol. The topological polar surface area (TPSA) is 93.5 Å². The van der Waals surface area contributed by atoms with E-state index >= 15 is 0 Å². The summed E-state index contributed by atoms with van der Waals surface area (Å²) in [6.45, 7) is 1.48. The fraction of sp³-hybridized carbons (Fsp3) is 0.235. The van der Waals surface area contributed by atoms with Gasteiger partial charge in [0.15, 0.2) is 0 Å². The third kappa shape index (κ3) is 4.73. The highest BCUT2D eigenvalue weighted by Gasteiger charge is 2.15. The first-order chi connectivity index (χ1) is 12.3. The van der Waals surface area contributed by atoms with E-state index in [0.29, 0.717) is 0 Å². The summed E-state index contributed by atoms with van der Waals surface area (Å²) in [5.74, 6) is -1.69. The van der Waals surface area contributed by atoms with Crippen LogP contribution in [0.2, 0.25) is 0 Å². The maximum absolute atomic E-state index is 13.7. The van der Waals surface area contributed by atoms with Gasteiger partial charge in [-0.25, -0.2) is 8.78 Å². The lowest BCUT2D eigenvalue weighted by atomic mass is 10.1. The predicted octanol–water partition coefficient (Wildman–Crippen LogP) is 3.17. The van der Waals surface area contributed by atoms with E-state index in [2.05, 4.69) is 10.6 Å². The Labute approximate surface area is 148 Å². The minimum atomic E-state index is -0.706. The summed E-state index contributed by atoms with van der Waals surface area (Å²) in [4.78, 5) is 22.2. The molecule has 0 unspecified atom stereocenters. The van der Waals surface area contributed by atoms with Crippen LogP contribution in [0.25, 0.3) is 0 Å². The minimum Gasteiger partial charge on any atom is -0.494 e. The van der Waals surface area contributed by atoms with E-state index in [1.807, 2.05) is 0 Å². The van der Waals surface area contributed by atoms with Crippen LogP contribution in [-0.4, -0.2) is 24.5 Å². The van der Waals surface area contributed by atoms with Crippen molar-refractivity contribution in [2.45, 2.75) is 13.0 Å². The molecule has 1 atom stereocenters. The summed E-state index contributed by atoms with van der Waals surface area (Å²) >= 11 is 0. The van der Waals surface area contributed by atoms with Crippen molar-refractivity contribution in [3.05, 3.63) is 63.7 Å². The monoisotopic (exact) mass is 365 g/mol. The average Bonchev–Trinajstić information content (AvgIpc) is 2.59. The number of amides is 1. The van der Waals surface area contributed by atoms with Crippen LogP contribution in [0.15, 0.2) is 36.4 Å². The number of rotatable bonds is 7. The highest BCUT2D eigenvalue weighted by Crippen LogP contribution is 2.28. The number of nitro groups is 1. The van der Waals surface area contributed by atoms with Gasteiger partial charge in [-0.05, 0) is 19.1 Å². The van der Waals surface area contributed by atoms with Gasteiger partial charge in [-0.2, -0.15) is 0 Å². The number of ether oxygens (including phenoxy) is 1. The molecular weight excluding hydrogens is 348 g/mol. The van der Waals surface area contributed by atoms with Crippen molar-refractivity contribution in [3.63, 3.8) is 0 Å². The Morgan fingerprint density at radius 3 is 2.62 bits per heavy atom. The number of hydrogen-bond acceptors (Lipinski definition) is 5. The molecule has 0 radical (unpaired) electrons. The zero-order valence-corrected chi connectivity index (χ0v) is 14.1. The number of carbonyl (C=O) groups excluding carboxylic acids is 1. The van der Waals surface area contributed by atoms with Gasteiger partial charge in [0.1, 0.15) is 17.4 Å². The van der Waals surface area contributed by atoms with Gasteiger partial charge in [0.25, 0.3) is 5.69 Å². The van der Waals surface area contributed by atoms with E-state index in [-0.39, 0.29) is 29.2 Å². The van der Waals surface area contributed by atoms with Gasteiger partial charge in [0.05, 0.1) is 30.3 Å². The third-order valence-electron chi connectivity index (χ3n) is 3.67. The van der Waals surface area contributed by atoms with E-state index in [1.165, 1.54) is 31.4 Å². The van der Waals surface area contributed by atoms with Crippen LogP contribution in [0.1, 0.15) is 18.5 Å². The number of benzene rings is 2. The van der Waals surface area contributed by atoms with E-state index in [4.69, 9.17) is 4.74 Å². The van der Waals surface area contributed by atoms with Crippen LogP contribution >= 0.6 is 0 Å². The van der Waals surface area contributed by atoms with Crippen molar-refractivity contribution in [1.82, 2.24) is 5.32 Å². The van der Waals surface area contributed by atoms with Crippen LogP contribution in [0.5, 0.6) is 5.75 Å². The summed E-state index contributed by atoms with van der Waals surface area (Å²) < 4.78 is 31.7. The highest BCUT2D eigenvalue weighted by molar-refractivity contribution is 5.93. The quantitative estimate of drug-likeness (QED) is 0.581. The molecule has 0 heterocycles. The molecule has 2 aromatic rings. The smallest absolute Gasteiger partial charge is 0.273 e. The van der Waals surface area contributed by atoms with Gasteiger partial charge in [-0.1, -0.05) is 6.07 Å². The van der Waals surface area contributed by atoms with Gasteiger partial charge in [0.2, 0.25) is 5.91 Å². The predicted molar refractivity (Wildman–Crippen MR) is 91.1 cm³/mol. The SMILES string of the molecule is COc1cc([N+](=O)[O-])ccc1NC(=O)CN[C@@H](C)c1ccc(F)cc1F. The molecule has 0 aromatic heterocycles. The molecule has 2 aromatic carbocycles. The number of methoxy groups -OCH3 is 1. The van der Waals surface area contributed by atoms with Crippen LogP contribution in [0.4, 0.5) is 20.2 Å². The lowest BCUT2D eigenvalue weighted by Gasteiger charge is -2.15. The zero-order chi connectivity index (χ0) is 19.3. The Hall–Kier alpha value is -3.07. The van der Waals surface area contributed by atoms with Crippen LogP contribution in [0.3, 0.4) is 0 Å². The number of nitrogens with zero attached hydrogens (tertiary/aromatic N) is 1. The Kier molecular flexibility index (Phi) is 6.18. The molecule has 1 amide bonds. The number of nitro benzene ring substituents is 1. The maximum atomic E-state index is 13.7. The van der Waals surface area contributed by atoms with Crippen molar-refractivity contribution < 1.29 is 23.2 Å². The van der Waals surface area contributed by atoms with Gasteiger partial charge in [-0.3, -0.25) is 14.9 Å². The molecule has 0 saturated carbocycles. The van der Waals surface area contributed by atoms with Crippen LogP contribution in [-0.2, 0) is 4.79 Å². The van der Waals surface area contributed by atoms with E-state index in [0.717, 1.165) is 12.1 Å². The number of carbonyl (C=O) groups is 1. The summed E-state index contributed by atoms with van der Waals surface area (Å²) in [5.41, 5.74) is 0.330. The molecule has 0 bridgehead atoms. The highest BCUT2D eigenvalue weighted by atomic mass is 19.1. The van der Waals surface area contributed by atoms with Crippen molar-refractivity contribution in [2.24, 2.45) is 0 Å². The van der Waals surface area contributed by atoms with Gasteiger partial charge >= 0.3 is 0 Å². The number of non-ortho nitro benzene ring substituents is 1. The lowest BCUT2D eigenvalue weighted by molar-refractivity contribution is -0.384. The van der Waals surface area contributed by atoms with Gasteiger partial charge < -0.3 is 15.4 Å². The van der Waals surface area contributed by atoms with Crippen LogP contribution in [0, 0.1) is 21.7 Å². The second kappa shape index (κ2) is 8.34. The molecule has 2 rings (SSSR count). The summed E-state index contributed by atoms with van der Waals surface area (Å²) in [5, 5.41) is 16.1. The summed E-state index contributed by atoms with van der Waals surface area (Å²) in [7, 11) is 1.33. The standard InChI is InChI=1S/C17H17F2N3O4/c1-10(13-5-3-11(18)7-14(13)19)20-9-17(23)21-15-6-4-12(22(24)25)8-16(15)26-2/h3-8,10,20H,9H2,1-2H3,(H,21,23)/t10-/m0/s1. The molecule has 0 spiro atoms. The molecule has 2 N–H and O–H groups in total. The normalized spacial score (nSPS) is 11.7.